The number of hydrogen-bond donors (Lipinski definition) is 2. The van der Waals surface area contributed by atoms with Gasteiger partial charge in [0.05, 0.1) is 18.2 Å². The summed E-state index contributed by atoms with van der Waals surface area (Å²) in [7, 11) is 0. The summed E-state index contributed by atoms with van der Waals surface area (Å²) in [6.07, 6.45) is 0.0583. The van der Waals surface area contributed by atoms with Crippen LogP contribution >= 0.6 is 22.9 Å². The minimum absolute atomic E-state index is 0.0583. The van der Waals surface area contributed by atoms with Crippen molar-refractivity contribution in [3.8, 4) is 11.3 Å². The minimum atomic E-state index is -0.511. The Morgan fingerprint density at radius 3 is 2.54 bits per heavy atom. The first kappa shape index (κ1) is 20.0. The second-order valence-corrected chi connectivity index (χ2v) is 7.70. The van der Waals surface area contributed by atoms with E-state index < -0.39 is 6.04 Å². The third kappa shape index (κ3) is 5.18. The lowest BCUT2D eigenvalue weighted by molar-refractivity contribution is -0.120. The first-order chi connectivity index (χ1) is 13.4. The van der Waals surface area contributed by atoms with Crippen molar-refractivity contribution >= 4 is 39.9 Å². The average Bonchev–Trinajstić information content (AvgIpc) is 3.10. The molecule has 0 fully saturated rings. The van der Waals surface area contributed by atoms with Crippen molar-refractivity contribution in [2.24, 2.45) is 0 Å². The zero-order chi connectivity index (χ0) is 20.1. The highest BCUT2D eigenvalue weighted by Gasteiger charge is 2.20. The van der Waals surface area contributed by atoms with Crippen molar-refractivity contribution < 1.29 is 9.59 Å². The number of rotatable bonds is 6. The molecule has 1 heterocycles. The molecule has 0 spiro atoms. The van der Waals surface area contributed by atoms with E-state index in [-0.39, 0.29) is 18.2 Å². The lowest BCUT2D eigenvalue weighted by atomic mass is 10.0. The van der Waals surface area contributed by atoms with E-state index in [1.54, 1.807) is 18.2 Å². The van der Waals surface area contributed by atoms with E-state index >= 15 is 0 Å². The van der Waals surface area contributed by atoms with Gasteiger partial charge in [0.15, 0.2) is 5.13 Å². The Bertz CT molecular complexity index is 985. The predicted octanol–water partition coefficient (Wildman–Crippen LogP) is 4.98. The summed E-state index contributed by atoms with van der Waals surface area (Å²) in [5.41, 5.74) is 3.68. The number of aromatic nitrogens is 1. The lowest BCUT2D eigenvalue weighted by Gasteiger charge is -2.18. The van der Waals surface area contributed by atoms with Gasteiger partial charge in [-0.1, -0.05) is 59.6 Å². The topological polar surface area (TPSA) is 71.1 Å². The van der Waals surface area contributed by atoms with E-state index in [9.17, 15) is 9.59 Å². The Morgan fingerprint density at radius 1 is 1.14 bits per heavy atom. The molecule has 144 valence electrons. The van der Waals surface area contributed by atoms with Crippen LogP contribution in [0.2, 0.25) is 5.02 Å². The number of nitrogens with zero attached hydrogens (tertiary/aromatic N) is 1. The van der Waals surface area contributed by atoms with Gasteiger partial charge in [-0.3, -0.25) is 9.59 Å². The Balaban J connectivity index is 1.70. The SMILES string of the molecule is CC(=O)N[C@H](CC(=O)Nc1nc(-c2ccc(C)cc2)cs1)c1ccccc1Cl. The molecule has 0 radical (unpaired) electrons. The molecule has 2 aromatic carbocycles. The number of halogens is 1. The van der Waals surface area contributed by atoms with Crippen LogP contribution in [-0.2, 0) is 9.59 Å². The molecule has 0 aliphatic carbocycles. The van der Waals surface area contributed by atoms with Crippen molar-refractivity contribution in [1.29, 1.82) is 0 Å². The van der Waals surface area contributed by atoms with Crippen LogP contribution in [0.25, 0.3) is 11.3 Å². The molecule has 2 amide bonds. The number of aryl methyl sites for hydroxylation is 1. The number of benzene rings is 2. The van der Waals surface area contributed by atoms with Gasteiger partial charge in [0.1, 0.15) is 0 Å². The fourth-order valence-corrected chi connectivity index (χ4v) is 3.79. The van der Waals surface area contributed by atoms with Gasteiger partial charge in [-0.05, 0) is 18.6 Å². The van der Waals surface area contributed by atoms with E-state index in [0.29, 0.717) is 15.7 Å². The minimum Gasteiger partial charge on any atom is -0.349 e. The van der Waals surface area contributed by atoms with Crippen LogP contribution in [0.3, 0.4) is 0 Å². The Kier molecular flexibility index (Phi) is 6.44. The number of nitrogens with one attached hydrogen (secondary N) is 2. The summed E-state index contributed by atoms with van der Waals surface area (Å²) < 4.78 is 0. The molecule has 0 saturated heterocycles. The van der Waals surface area contributed by atoms with Crippen molar-refractivity contribution in [3.63, 3.8) is 0 Å². The highest BCUT2D eigenvalue weighted by Crippen LogP contribution is 2.27. The molecular weight excluding hydrogens is 394 g/mol. The fraction of sp³-hybridized carbons (Fsp3) is 0.190. The van der Waals surface area contributed by atoms with Gasteiger partial charge in [-0.2, -0.15) is 0 Å². The van der Waals surface area contributed by atoms with Crippen molar-refractivity contribution in [1.82, 2.24) is 10.3 Å². The fourth-order valence-electron chi connectivity index (χ4n) is 2.79. The molecule has 1 atom stereocenters. The monoisotopic (exact) mass is 413 g/mol. The van der Waals surface area contributed by atoms with Gasteiger partial charge < -0.3 is 10.6 Å². The maximum absolute atomic E-state index is 12.5. The molecule has 0 bridgehead atoms. The van der Waals surface area contributed by atoms with Gasteiger partial charge in [0.25, 0.3) is 0 Å². The predicted molar refractivity (Wildman–Crippen MR) is 114 cm³/mol. The first-order valence-corrected chi connectivity index (χ1v) is 10.0. The molecule has 1 aromatic heterocycles. The average molecular weight is 414 g/mol. The third-order valence-corrected chi connectivity index (χ3v) is 5.25. The standard InChI is InChI=1S/C21H20ClN3O2S/c1-13-7-9-15(10-8-13)19-12-28-21(24-19)25-20(27)11-18(23-14(2)26)16-5-3-4-6-17(16)22/h3-10,12,18H,11H2,1-2H3,(H,23,26)(H,24,25,27)/t18-/m1/s1. The Morgan fingerprint density at radius 2 is 1.86 bits per heavy atom. The van der Waals surface area contributed by atoms with Gasteiger partial charge in [0.2, 0.25) is 11.8 Å². The highest BCUT2D eigenvalue weighted by molar-refractivity contribution is 7.14. The summed E-state index contributed by atoms with van der Waals surface area (Å²) in [4.78, 5) is 28.6. The van der Waals surface area contributed by atoms with Crippen LogP contribution in [0.1, 0.15) is 30.5 Å². The van der Waals surface area contributed by atoms with Gasteiger partial charge in [-0.15, -0.1) is 11.3 Å². The number of amides is 2. The molecule has 5 nitrogen and oxygen atoms in total. The Hall–Kier alpha value is -2.70. The molecule has 0 aliphatic rings. The van der Waals surface area contributed by atoms with Gasteiger partial charge in [-0.25, -0.2) is 4.98 Å². The van der Waals surface area contributed by atoms with Crippen LogP contribution < -0.4 is 10.6 Å². The van der Waals surface area contributed by atoms with Crippen LogP contribution in [0.15, 0.2) is 53.9 Å². The summed E-state index contributed by atoms with van der Waals surface area (Å²) in [5, 5.41) is 8.52. The molecule has 0 saturated carbocycles. The van der Waals surface area contributed by atoms with E-state index in [2.05, 4.69) is 15.6 Å². The quantitative estimate of drug-likeness (QED) is 0.598. The first-order valence-electron chi connectivity index (χ1n) is 8.76. The second kappa shape index (κ2) is 8.99. The summed E-state index contributed by atoms with van der Waals surface area (Å²) >= 11 is 7.60. The maximum Gasteiger partial charge on any atom is 0.228 e. The molecular formula is C21H20ClN3O2S. The molecule has 2 N–H and O–H groups in total. The van der Waals surface area contributed by atoms with E-state index in [0.717, 1.165) is 11.3 Å². The number of hydrogen-bond acceptors (Lipinski definition) is 4. The molecule has 0 unspecified atom stereocenters. The van der Waals surface area contributed by atoms with E-state index in [4.69, 9.17) is 11.6 Å². The van der Waals surface area contributed by atoms with Crippen molar-refractivity contribution in [2.75, 3.05) is 5.32 Å². The summed E-state index contributed by atoms with van der Waals surface area (Å²) in [6.45, 7) is 3.44. The van der Waals surface area contributed by atoms with Crippen molar-refractivity contribution in [3.05, 3.63) is 70.1 Å². The summed E-state index contributed by atoms with van der Waals surface area (Å²) in [6, 6.07) is 14.7. The van der Waals surface area contributed by atoms with Crippen LogP contribution in [-0.4, -0.2) is 16.8 Å². The zero-order valence-electron chi connectivity index (χ0n) is 15.5. The maximum atomic E-state index is 12.5. The van der Waals surface area contributed by atoms with Crippen LogP contribution in [0, 0.1) is 6.92 Å². The molecule has 3 rings (SSSR count). The molecule has 7 heteroatoms. The number of thiazole rings is 1. The normalized spacial score (nSPS) is 11.7. The van der Waals surface area contributed by atoms with E-state index in [1.807, 2.05) is 42.6 Å². The molecule has 0 aliphatic heterocycles. The van der Waals surface area contributed by atoms with Gasteiger partial charge in [0, 0.05) is 22.9 Å². The zero-order valence-corrected chi connectivity index (χ0v) is 17.1. The lowest BCUT2D eigenvalue weighted by Crippen LogP contribution is -2.30. The number of carbonyl (C=O) groups excluding carboxylic acids is 2. The van der Waals surface area contributed by atoms with Gasteiger partial charge >= 0.3 is 0 Å². The molecule has 3 aromatic rings. The summed E-state index contributed by atoms with van der Waals surface area (Å²) in [5.74, 6) is -0.475. The third-order valence-electron chi connectivity index (χ3n) is 4.15. The van der Waals surface area contributed by atoms with Crippen LogP contribution in [0.4, 0.5) is 5.13 Å². The van der Waals surface area contributed by atoms with Crippen LogP contribution in [0.5, 0.6) is 0 Å². The number of anilines is 1. The highest BCUT2D eigenvalue weighted by atomic mass is 35.5. The smallest absolute Gasteiger partial charge is 0.228 e. The Labute approximate surface area is 172 Å². The van der Waals surface area contributed by atoms with Crippen molar-refractivity contribution in [2.45, 2.75) is 26.3 Å². The second-order valence-electron chi connectivity index (χ2n) is 6.43. The number of carbonyl (C=O) groups is 2. The molecule has 28 heavy (non-hydrogen) atoms. The van der Waals surface area contributed by atoms with E-state index in [1.165, 1.54) is 23.8 Å². The largest absolute Gasteiger partial charge is 0.349 e.